The molecule has 2 heterocycles. The minimum absolute atomic E-state index is 0. The van der Waals surface area contributed by atoms with Gasteiger partial charge < -0.3 is 20.1 Å². The molecule has 2 aromatic rings. The van der Waals surface area contributed by atoms with Gasteiger partial charge in [-0.15, -0.1) is 24.0 Å². The van der Waals surface area contributed by atoms with Gasteiger partial charge in [0.25, 0.3) is 0 Å². The lowest BCUT2D eigenvalue weighted by molar-refractivity contribution is 0.166. The van der Waals surface area contributed by atoms with Crippen LogP contribution >= 0.6 is 24.0 Å². The van der Waals surface area contributed by atoms with Crippen LogP contribution in [0.15, 0.2) is 29.3 Å². The van der Waals surface area contributed by atoms with E-state index >= 15 is 0 Å². The van der Waals surface area contributed by atoms with E-state index in [2.05, 4.69) is 63.5 Å². The highest BCUT2D eigenvalue weighted by atomic mass is 127. The van der Waals surface area contributed by atoms with Crippen molar-refractivity contribution in [3.63, 3.8) is 0 Å². The Hall–Kier alpha value is -1.81. The fraction of sp³-hybridized carbons (Fsp3) is 0.565. The molecule has 0 saturated carbocycles. The molecule has 31 heavy (non-hydrogen) atoms. The second kappa shape index (κ2) is 12.9. The minimum atomic E-state index is 0. The summed E-state index contributed by atoms with van der Waals surface area (Å²) >= 11 is 0. The zero-order valence-electron chi connectivity index (χ0n) is 19.1. The maximum absolute atomic E-state index is 6.14. The first-order valence-corrected chi connectivity index (χ1v) is 10.8. The van der Waals surface area contributed by atoms with Crippen molar-refractivity contribution in [3.05, 3.63) is 46.8 Å². The van der Waals surface area contributed by atoms with Crippen LogP contribution in [0, 0.1) is 26.7 Å². The molecular formula is C23H36IN5O2. The SMILES string of the molecule is CN=C(NCCCn1nc(C)cc1C)NCc1ccc(C)cc1OCC1CCOC1.I. The summed E-state index contributed by atoms with van der Waals surface area (Å²) in [5.74, 6) is 2.22. The van der Waals surface area contributed by atoms with Crippen molar-refractivity contribution in [1.82, 2.24) is 20.4 Å². The Balaban J connectivity index is 0.00000341. The Bertz CT molecular complexity index is 846. The number of benzene rings is 1. The van der Waals surface area contributed by atoms with Crippen molar-refractivity contribution in [2.24, 2.45) is 10.9 Å². The van der Waals surface area contributed by atoms with Crippen LogP contribution in [0.2, 0.25) is 0 Å². The van der Waals surface area contributed by atoms with E-state index in [9.17, 15) is 0 Å². The van der Waals surface area contributed by atoms with Gasteiger partial charge in [-0.2, -0.15) is 5.10 Å². The van der Waals surface area contributed by atoms with Crippen molar-refractivity contribution in [3.8, 4) is 5.75 Å². The van der Waals surface area contributed by atoms with E-state index in [-0.39, 0.29) is 24.0 Å². The quantitative estimate of drug-likeness (QED) is 0.220. The lowest BCUT2D eigenvalue weighted by Crippen LogP contribution is -2.37. The molecule has 1 aromatic heterocycles. The van der Waals surface area contributed by atoms with Gasteiger partial charge in [-0.3, -0.25) is 9.67 Å². The second-order valence-electron chi connectivity index (χ2n) is 8.01. The Kier molecular flexibility index (Phi) is 10.6. The fourth-order valence-electron chi connectivity index (χ4n) is 3.60. The highest BCUT2D eigenvalue weighted by Gasteiger charge is 2.17. The number of rotatable bonds is 9. The van der Waals surface area contributed by atoms with Gasteiger partial charge in [0, 0.05) is 50.5 Å². The number of aryl methyl sites for hydroxylation is 4. The molecule has 1 fully saturated rings. The van der Waals surface area contributed by atoms with E-state index in [0.29, 0.717) is 19.1 Å². The van der Waals surface area contributed by atoms with Crippen LogP contribution in [-0.4, -0.2) is 49.2 Å². The largest absolute Gasteiger partial charge is 0.493 e. The molecule has 1 aliphatic rings. The fourth-order valence-corrected chi connectivity index (χ4v) is 3.60. The van der Waals surface area contributed by atoms with Crippen molar-refractivity contribution in [2.45, 2.75) is 46.7 Å². The normalized spacial score (nSPS) is 16.1. The summed E-state index contributed by atoms with van der Waals surface area (Å²) in [4.78, 5) is 4.34. The van der Waals surface area contributed by atoms with Gasteiger partial charge in [0.15, 0.2) is 5.96 Å². The summed E-state index contributed by atoms with van der Waals surface area (Å²) in [6.45, 7) is 10.9. The molecule has 8 heteroatoms. The van der Waals surface area contributed by atoms with Gasteiger partial charge in [-0.25, -0.2) is 0 Å². The van der Waals surface area contributed by atoms with Crippen molar-refractivity contribution in [1.29, 1.82) is 0 Å². The third-order valence-electron chi connectivity index (χ3n) is 5.33. The van der Waals surface area contributed by atoms with E-state index in [1.165, 1.54) is 11.3 Å². The van der Waals surface area contributed by atoms with Crippen molar-refractivity contribution in [2.75, 3.05) is 33.4 Å². The molecule has 0 amide bonds. The van der Waals surface area contributed by atoms with E-state index < -0.39 is 0 Å². The third-order valence-corrected chi connectivity index (χ3v) is 5.33. The molecule has 3 rings (SSSR count). The summed E-state index contributed by atoms with van der Waals surface area (Å²) < 4.78 is 13.6. The molecule has 0 aliphatic carbocycles. The zero-order chi connectivity index (χ0) is 21.3. The topological polar surface area (TPSA) is 72.7 Å². The summed E-state index contributed by atoms with van der Waals surface area (Å²) in [7, 11) is 1.79. The van der Waals surface area contributed by atoms with Gasteiger partial charge in [-0.1, -0.05) is 12.1 Å². The Morgan fingerprint density at radius 3 is 2.77 bits per heavy atom. The highest BCUT2D eigenvalue weighted by molar-refractivity contribution is 14.0. The molecule has 1 atom stereocenters. The lowest BCUT2D eigenvalue weighted by Gasteiger charge is -2.17. The average molecular weight is 541 g/mol. The first kappa shape index (κ1) is 25.5. The van der Waals surface area contributed by atoms with Crippen molar-refractivity contribution >= 4 is 29.9 Å². The number of guanidine groups is 1. The molecule has 7 nitrogen and oxygen atoms in total. The molecule has 1 aromatic carbocycles. The molecule has 1 aliphatic heterocycles. The van der Waals surface area contributed by atoms with Gasteiger partial charge in [-0.05, 0) is 51.3 Å². The van der Waals surface area contributed by atoms with Gasteiger partial charge in [0.2, 0.25) is 0 Å². The Morgan fingerprint density at radius 2 is 2.10 bits per heavy atom. The predicted molar refractivity (Wildman–Crippen MR) is 136 cm³/mol. The van der Waals surface area contributed by atoms with Crippen molar-refractivity contribution < 1.29 is 9.47 Å². The summed E-state index contributed by atoms with van der Waals surface area (Å²) in [5, 5.41) is 11.3. The number of nitrogens with zero attached hydrogens (tertiary/aromatic N) is 3. The van der Waals surface area contributed by atoms with Crippen LogP contribution in [0.25, 0.3) is 0 Å². The van der Waals surface area contributed by atoms with E-state index in [4.69, 9.17) is 9.47 Å². The first-order valence-electron chi connectivity index (χ1n) is 10.8. The average Bonchev–Trinajstić information content (AvgIpc) is 3.36. The molecule has 172 valence electrons. The van der Waals surface area contributed by atoms with E-state index in [1.54, 1.807) is 7.05 Å². The van der Waals surface area contributed by atoms with Crippen LogP contribution in [0.4, 0.5) is 0 Å². The molecule has 0 radical (unpaired) electrons. The molecule has 0 bridgehead atoms. The highest BCUT2D eigenvalue weighted by Crippen LogP contribution is 2.22. The molecule has 1 saturated heterocycles. The molecule has 1 unspecified atom stereocenters. The third kappa shape index (κ3) is 7.99. The summed E-state index contributed by atoms with van der Waals surface area (Å²) in [6, 6.07) is 8.46. The Labute approximate surface area is 203 Å². The molecule has 0 spiro atoms. The van der Waals surface area contributed by atoms with Gasteiger partial charge in [0.05, 0.1) is 18.9 Å². The van der Waals surface area contributed by atoms with Gasteiger partial charge >= 0.3 is 0 Å². The van der Waals surface area contributed by atoms with Crippen LogP contribution in [0.3, 0.4) is 0 Å². The Morgan fingerprint density at radius 1 is 1.26 bits per heavy atom. The minimum Gasteiger partial charge on any atom is -0.493 e. The number of aromatic nitrogens is 2. The van der Waals surface area contributed by atoms with E-state index in [0.717, 1.165) is 62.1 Å². The molecular weight excluding hydrogens is 505 g/mol. The second-order valence-corrected chi connectivity index (χ2v) is 8.01. The predicted octanol–water partition coefficient (Wildman–Crippen LogP) is 3.60. The lowest BCUT2D eigenvalue weighted by atomic mass is 10.1. The monoisotopic (exact) mass is 541 g/mol. The number of nitrogens with one attached hydrogen (secondary N) is 2. The first-order chi connectivity index (χ1) is 14.5. The maximum atomic E-state index is 6.14. The number of ether oxygens (including phenoxy) is 2. The maximum Gasteiger partial charge on any atom is 0.191 e. The van der Waals surface area contributed by atoms with Crippen LogP contribution in [0.1, 0.15) is 35.4 Å². The standard InChI is InChI=1S/C23H35N5O2.HI/c1-17-6-7-21(22(12-17)30-16-20-8-11-29-15-20)14-26-23(24-4)25-9-5-10-28-19(3)13-18(2)27-28;/h6-7,12-13,20H,5,8-11,14-16H2,1-4H3,(H2,24,25,26);1H. The molecule has 2 N–H and O–H groups in total. The summed E-state index contributed by atoms with van der Waals surface area (Å²) in [6.07, 6.45) is 2.05. The number of hydrogen-bond acceptors (Lipinski definition) is 4. The number of aliphatic imine (C=N–C) groups is 1. The van der Waals surface area contributed by atoms with Gasteiger partial charge in [0.1, 0.15) is 5.75 Å². The van der Waals surface area contributed by atoms with E-state index in [1.807, 2.05) is 6.92 Å². The van der Waals surface area contributed by atoms with Crippen LogP contribution in [0.5, 0.6) is 5.75 Å². The van der Waals surface area contributed by atoms with Crippen LogP contribution < -0.4 is 15.4 Å². The number of hydrogen-bond donors (Lipinski definition) is 2. The zero-order valence-corrected chi connectivity index (χ0v) is 21.4. The number of halogens is 1. The van der Waals surface area contributed by atoms with Crippen LogP contribution in [-0.2, 0) is 17.8 Å². The smallest absolute Gasteiger partial charge is 0.191 e. The summed E-state index contributed by atoms with van der Waals surface area (Å²) in [5.41, 5.74) is 4.59.